The molecule has 2 nitrogen and oxygen atoms in total. The number of unbranched alkanes of at least 4 members (excludes halogenated alkanes) is 1. The highest BCUT2D eigenvalue weighted by Crippen LogP contribution is 2.38. The molecule has 0 spiro atoms. The highest BCUT2D eigenvalue weighted by atomic mass is 14.9. The molecule has 0 saturated carbocycles. The Balaban J connectivity index is 1.42. The monoisotopic (exact) mass is 592 g/mol. The summed E-state index contributed by atoms with van der Waals surface area (Å²) in [5.41, 5.74) is 7.37. The van der Waals surface area contributed by atoms with Crippen LogP contribution in [0.4, 0.5) is 0 Å². The van der Waals surface area contributed by atoms with Gasteiger partial charge < -0.3 is 0 Å². The molecule has 0 N–H and O–H groups in total. The lowest BCUT2D eigenvalue weighted by Crippen LogP contribution is -2.04. The molecule has 0 aliphatic rings. The standard InChI is InChI=1S/C44H36N2/c1-3-4-27-43(46-44(33-19-9-6-10-20-33)45-31(2)32-17-7-5-8-18-32)41-26-16-11-21-35(41)34-28-29-40-38-24-13-12-22-36(38)37-23-14-15-25-39(37)42(40)30-34/h5-30H,3-4H2,1-2H3/b43-27-,45-31?,46-44?. The SMILES string of the molecule is CCC/C=C(\N=C(N=C(C)c1ccccc1)c1ccccc1)c1ccccc1-c1ccc2c3ccccc3c3ccccc3c2c1. The third-order valence-corrected chi connectivity index (χ3v) is 8.61. The van der Waals surface area contributed by atoms with Gasteiger partial charge in [-0.1, -0.05) is 165 Å². The Morgan fingerprint density at radius 1 is 0.522 bits per heavy atom. The number of allylic oxidation sites excluding steroid dienone is 1. The lowest BCUT2D eigenvalue weighted by Gasteiger charge is -2.15. The van der Waals surface area contributed by atoms with Gasteiger partial charge in [-0.05, 0) is 68.4 Å². The van der Waals surface area contributed by atoms with Gasteiger partial charge in [-0.25, -0.2) is 9.98 Å². The molecule has 0 aliphatic heterocycles. The summed E-state index contributed by atoms with van der Waals surface area (Å²) in [6, 6.07) is 53.7. The van der Waals surface area contributed by atoms with E-state index in [9.17, 15) is 0 Å². The van der Waals surface area contributed by atoms with E-state index in [4.69, 9.17) is 9.98 Å². The number of benzene rings is 7. The van der Waals surface area contributed by atoms with Crippen LogP contribution in [0, 0.1) is 0 Å². The molecule has 0 heterocycles. The Hall–Kier alpha value is -5.60. The van der Waals surface area contributed by atoms with Crippen molar-refractivity contribution in [3.8, 4) is 11.1 Å². The molecule has 0 aliphatic carbocycles. The summed E-state index contributed by atoms with van der Waals surface area (Å²) in [7, 11) is 0. The zero-order chi connectivity index (χ0) is 31.3. The highest BCUT2D eigenvalue weighted by molar-refractivity contribution is 6.25. The lowest BCUT2D eigenvalue weighted by atomic mass is 9.90. The van der Waals surface area contributed by atoms with Crippen LogP contribution in [-0.4, -0.2) is 11.5 Å². The predicted octanol–water partition coefficient (Wildman–Crippen LogP) is 11.9. The van der Waals surface area contributed by atoms with Gasteiger partial charge in [0.15, 0.2) is 5.84 Å². The van der Waals surface area contributed by atoms with Gasteiger partial charge in [-0.2, -0.15) is 0 Å². The van der Waals surface area contributed by atoms with Crippen molar-refractivity contribution < 1.29 is 0 Å². The molecule has 0 bridgehead atoms. The molecule has 0 saturated heterocycles. The summed E-state index contributed by atoms with van der Waals surface area (Å²) in [6.45, 7) is 4.26. The molecule has 0 radical (unpaired) electrons. The average molecular weight is 593 g/mol. The minimum atomic E-state index is 0.704. The molecule has 2 heteroatoms. The first-order chi connectivity index (χ1) is 22.7. The molecule has 7 aromatic rings. The van der Waals surface area contributed by atoms with Crippen molar-refractivity contribution >= 4 is 49.6 Å². The van der Waals surface area contributed by atoms with Gasteiger partial charge in [-0.3, -0.25) is 0 Å². The molecule has 7 aromatic carbocycles. The normalized spacial score (nSPS) is 12.7. The Bertz CT molecular complexity index is 2220. The summed E-state index contributed by atoms with van der Waals surface area (Å²) in [6.07, 6.45) is 4.22. The van der Waals surface area contributed by atoms with Crippen molar-refractivity contribution in [3.63, 3.8) is 0 Å². The molecule has 0 atom stereocenters. The largest absolute Gasteiger partial charge is 0.233 e. The van der Waals surface area contributed by atoms with Crippen molar-refractivity contribution in [2.45, 2.75) is 26.7 Å². The maximum atomic E-state index is 5.35. The van der Waals surface area contributed by atoms with Gasteiger partial charge in [0, 0.05) is 16.8 Å². The van der Waals surface area contributed by atoms with Gasteiger partial charge in [0.25, 0.3) is 0 Å². The molecule has 0 unspecified atom stereocenters. The molecule has 0 amide bonds. The van der Waals surface area contributed by atoms with Crippen molar-refractivity contribution in [2.75, 3.05) is 0 Å². The van der Waals surface area contributed by atoms with E-state index < -0.39 is 0 Å². The first-order valence-corrected chi connectivity index (χ1v) is 16.1. The number of nitrogens with zero attached hydrogens (tertiary/aromatic N) is 2. The second-order valence-corrected chi connectivity index (χ2v) is 11.6. The first-order valence-electron chi connectivity index (χ1n) is 16.1. The van der Waals surface area contributed by atoms with Crippen LogP contribution in [0.2, 0.25) is 0 Å². The van der Waals surface area contributed by atoms with Crippen molar-refractivity contribution in [1.82, 2.24) is 0 Å². The number of aliphatic imine (C=N–C) groups is 2. The van der Waals surface area contributed by atoms with E-state index in [-0.39, 0.29) is 0 Å². The van der Waals surface area contributed by atoms with Crippen molar-refractivity contribution in [1.29, 1.82) is 0 Å². The molecule has 0 aromatic heterocycles. The summed E-state index contributed by atoms with van der Waals surface area (Å²) >= 11 is 0. The minimum absolute atomic E-state index is 0.704. The maximum absolute atomic E-state index is 5.35. The molecule has 7 rings (SSSR count). The zero-order valence-corrected chi connectivity index (χ0v) is 26.3. The summed E-state index contributed by atoms with van der Waals surface area (Å²) in [4.78, 5) is 10.5. The topological polar surface area (TPSA) is 24.7 Å². The highest BCUT2D eigenvalue weighted by Gasteiger charge is 2.14. The fraction of sp³-hybridized carbons (Fsp3) is 0.0909. The summed E-state index contributed by atoms with van der Waals surface area (Å²) in [5, 5.41) is 7.65. The van der Waals surface area contributed by atoms with Gasteiger partial charge in [-0.15, -0.1) is 0 Å². The maximum Gasteiger partial charge on any atom is 0.160 e. The third-order valence-electron chi connectivity index (χ3n) is 8.61. The van der Waals surface area contributed by atoms with Crippen LogP contribution >= 0.6 is 0 Å². The van der Waals surface area contributed by atoms with E-state index in [0.717, 1.165) is 46.5 Å². The lowest BCUT2D eigenvalue weighted by molar-refractivity contribution is 0.958. The van der Waals surface area contributed by atoms with Gasteiger partial charge in [0.1, 0.15) is 0 Å². The molecule has 0 fully saturated rings. The van der Waals surface area contributed by atoms with E-state index in [0.29, 0.717) is 5.84 Å². The molecular weight excluding hydrogens is 556 g/mol. The van der Waals surface area contributed by atoms with E-state index in [2.05, 4.69) is 135 Å². The van der Waals surface area contributed by atoms with E-state index >= 15 is 0 Å². The van der Waals surface area contributed by atoms with Crippen LogP contribution in [0.15, 0.2) is 168 Å². The van der Waals surface area contributed by atoms with Crippen LogP contribution in [-0.2, 0) is 0 Å². The third kappa shape index (κ3) is 5.78. The number of hydrogen-bond acceptors (Lipinski definition) is 1. The Morgan fingerprint density at radius 2 is 1.04 bits per heavy atom. The van der Waals surface area contributed by atoms with Gasteiger partial charge in [0.05, 0.1) is 5.70 Å². The summed E-state index contributed by atoms with van der Waals surface area (Å²) in [5.74, 6) is 0.704. The van der Waals surface area contributed by atoms with Crippen LogP contribution in [0.3, 0.4) is 0 Å². The fourth-order valence-corrected chi connectivity index (χ4v) is 6.29. The van der Waals surface area contributed by atoms with Crippen LogP contribution < -0.4 is 0 Å². The first kappa shape index (κ1) is 29.1. The van der Waals surface area contributed by atoms with Crippen molar-refractivity contribution in [2.24, 2.45) is 9.98 Å². The number of hydrogen-bond donors (Lipinski definition) is 0. The molecular formula is C44H36N2. The summed E-state index contributed by atoms with van der Waals surface area (Å²) < 4.78 is 0. The number of amidine groups is 1. The van der Waals surface area contributed by atoms with E-state index in [1.807, 2.05) is 36.4 Å². The molecule has 222 valence electrons. The van der Waals surface area contributed by atoms with Crippen LogP contribution in [0.25, 0.3) is 49.1 Å². The fourth-order valence-electron chi connectivity index (χ4n) is 6.29. The second-order valence-electron chi connectivity index (χ2n) is 11.6. The van der Waals surface area contributed by atoms with Gasteiger partial charge in [0.2, 0.25) is 0 Å². The predicted molar refractivity (Wildman–Crippen MR) is 199 cm³/mol. The Labute approximate surface area is 271 Å². The van der Waals surface area contributed by atoms with E-state index in [1.165, 1.54) is 37.9 Å². The van der Waals surface area contributed by atoms with Crippen molar-refractivity contribution in [3.05, 3.63) is 174 Å². The second kappa shape index (κ2) is 13.2. The van der Waals surface area contributed by atoms with Crippen LogP contribution in [0.5, 0.6) is 0 Å². The Morgan fingerprint density at radius 3 is 1.67 bits per heavy atom. The minimum Gasteiger partial charge on any atom is -0.233 e. The number of fused-ring (bicyclic) bond motifs is 6. The average Bonchev–Trinajstić information content (AvgIpc) is 3.13. The smallest absolute Gasteiger partial charge is 0.160 e. The Kier molecular flexibility index (Phi) is 8.34. The zero-order valence-electron chi connectivity index (χ0n) is 26.3. The molecule has 46 heavy (non-hydrogen) atoms. The number of rotatable bonds is 7. The van der Waals surface area contributed by atoms with Gasteiger partial charge >= 0.3 is 0 Å². The van der Waals surface area contributed by atoms with E-state index in [1.54, 1.807) is 0 Å². The quantitative estimate of drug-likeness (QED) is 0.0999. The van der Waals surface area contributed by atoms with Crippen LogP contribution in [0.1, 0.15) is 43.4 Å².